The molecule has 1 saturated carbocycles. The van der Waals surface area contributed by atoms with E-state index in [0.717, 1.165) is 10.2 Å². The number of rotatable bonds is 4. The Kier molecular flexibility index (Phi) is 4.99. The molecule has 0 radical (unpaired) electrons. The Morgan fingerprint density at radius 2 is 2.16 bits per heavy atom. The number of halogens is 2. The summed E-state index contributed by atoms with van der Waals surface area (Å²) in [6.45, 7) is 7.49. The molecular formula is C16H22Br2O. The van der Waals surface area contributed by atoms with Gasteiger partial charge in [-0.3, -0.25) is 0 Å². The Morgan fingerprint density at radius 3 is 2.68 bits per heavy atom. The highest BCUT2D eigenvalue weighted by molar-refractivity contribution is 9.10. The summed E-state index contributed by atoms with van der Waals surface area (Å²) in [6, 6.07) is 6.45. The molecule has 1 nitrogen and oxygen atoms in total. The number of hydrogen-bond acceptors (Lipinski definition) is 1. The van der Waals surface area contributed by atoms with Crippen LogP contribution in [0.4, 0.5) is 0 Å². The fraction of sp³-hybridized carbons (Fsp3) is 0.625. The summed E-state index contributed by atoms with van der Waals surface area (Å²) in [7, 11) is 0. The second-order valence-corrected chi connectivity index (χ2v) is 7.85. The summed E-state index contributed by atoms with van der Waals surface area (Å²) in [6.07, 6.45) is 3.99. The van der Waals surface area contributed by atoms with Crippen molar-refractivity contribution in [2.75, 3.05) is 6.61 Å². The predicted octanol–water partition coefficient (Wildman–Crippen LogP) is 6.11. The van der Waals surface area contributed by atoms with Gasteiger partial charge in [-0.25, -0.2) is 0 Å². The minimum atomic E-state index is 0.428. The first-order chi connectivity index (χ1) is 8.95. The number of hydrogen-bond donors (Lipinski definition) is 0. The largest absolute Gasteiger partial charge is 0.493 e. The second kappa shape index (κ2) is 6.17. The summed E-state index contributed by atoms with van der Waals surface area (Å²) in [4.78, 5) is 0.428. The highest BCUT2D eigenvalue weighted by atomic mass is 79.9. The molecule has 1 aliphatic carbocycles. The number of benzene rings is 1. The van der Waals surface area contributed by atoms with Crippen molar-refractivity contribution in [1.82, 2.24) is 0 Å². The van der Waals surface area contributed by atoms with E-state index >= 15 is 0 Å². The third-order valence-electron chi connectivity index (χ3n) is 4.27. The lowest BCUT2D eigenvalue weighted by Gasteiger charge is -2.31. The topological polar surface area (TPSA) is 9.23 Å². The molecule has 19 heavy (non-hydrogen) atoms. The van der Waals surface area contributed by atoms with Crippen molar-refractivity contribution in [3.05, 3.63) is 28.2 Å². The summed E-state index contributed by atoms with van der Waals surface area (Å²) < 4.78 is 6.62. The summed E-state index contributed by atoms with van der Waals surface area (Å²) in [5.41, 5.74) is 1.77. The first-order valence-electron chi connectivity index (χ1n) is 7.02. The standard InChI is InChI=1S/C16H22Br2O/c1-4-19-14-8-7-11(10-13(14)17)15(18)12-6-5-9-16(12,2)3/h7-8,10,12,15H,4-6,9H2,1-3H3. The molecule has 1 aliphatic rings. The molecule has 0 heterocycles. The highest BCUT2D eigenvalue weighted by Crippen LogP contribution is 2.52. The Hall–Kier alpha value is -0.0200. The third kappa shape index (κ3) is 3.36. The molecule has 2 unspecified atom stereocenters. The van der Waals surface area contributed by atoms with Crippen LogP contribution in [0, 0.1) is 11.3 Å². The van der Waals surface area contributed by atoms with Gasteiger partial charge < -0.3 is 4.74 Å². The zero-order chi connectivity index (χ0) is 14.0. The number of ether oxygens (including phenoxy) is 1. The summed E-state index contributed by atoms with van der Waals surface area (Å²) in [5.74, 6) is 1.63. The van der Waals surface area contributed by atoms with Gasteiger partial charge in [0.25, 0.3) is 0 Å². The lowest BCUT2D eigenvalue weighted by Crippen LogP contribution is -2.21. The zero-order valence-corrected chi connectivity index (χ0v) is 15.1. The summed E-state index contributed by atoms with van der Waals surface area (Å²) in [5, 5.41) is 0. The molecular weight excluding hydrogens is 368 g/mol. The van der Waals surface area contributed by atoms with Gasteiger partial charge in [0.1, 0.15) is 5.75 Å². The molecule has 0 saturated heterocycles. The Balaban J connectivity index is 2.20. The molecule has 1 aromatic rings. The first-order valence-corrected chi connectivity index (χ1v) is 8.73. The fourth-order valence-electron chi connectivity index (χ4n) is 3.09. The van der Waals surface area contributed by atoms with Gasteiger partial charge in [-0.15, -0.1) is 0 Å². The lowest BCUT2D eigenvalue weighted by molar-refractivity contribution is 0.257. The molecule has 2 rings (SSSR count). The van der Waals surface area contributed by atoms with Gasteiger partial charge in [0.2, 0.25) is 0 Å². The molecule has 106 valence electrons. The molecule has 0 N–H and O–H groups in total. The van der Waals surface area contributed by atoms with E-state index in [1.165, 1.54) is 24.8 Å². The average Bonchev–Trinajstić information content (AvgIpc) is 2.71. The fourth-order valence-corrected chi connectivity index (χ4v) is 4.87. The Bertz CT molecular complexity index is 442. The van der Waals surface area contributed by atoms with E-state index in [-0.39, 0.29) is 0 Å². The van der Waals surface area contributed by atoms with Gasteiger partial charge >= 0.3 is 0 Å². The lowest BCUT2D eigenvalue weighted by atomic mass is 9.78. The maximum absolute atomic E-state index is 5.58. The van der Waals surface area contributed by atoms with Crippen LogP contribution in [0.25, 0.3) is 0 Å². The van der Waals surface area contributed by atoms with Crippen LogP contribution < -0.4 is 4.74 Å². The summed E-state index contributed by atoms with van der Waals surface area (Å²) >= 11 is 7.53. The van der Waals surface area contributed by atoms with Gasteiger partial charge in [-0.1, -0.05) is 42.3 Å². The molecule has 3 heteroatoms. The van der Waals surface area contributed by atoms with Crippen molar-refractivity contribution in [3.63, 3.8) is 0 Å². The van der Waals surface area contributed by atoms with Crippen molar-refractivity contribution in [1.29, 1.82) is 0 Å². The maximum Gasteiger partial charge on any atom is 0.133 e. The van der Waals surface area contributed by atoms with Crippen LogP contribution in [0.1, 0.15) is 50.4 Å². The van der Waals surface area contributed by atoms with Crippen molar-refractivity contribution in [2.24, 2.45) is 11.3 Å². The molecule has 0 aliphatic heterocycles. The second-order valence-electron chi connectivity index (χ2n) is 6.01. The highest BCUT2D eigenvalue weighted by Gasteiger charge is 2.39. The van der Waals surface area contributed by atoms with Crippen LogP contribution >= 0.6 is 31.9 Å². The minimum Gasteiger partial charge on any atom is -0.493 e. The van der Waals surface area contributed by atoms with Gasteiger partial charge in [0, 0.05) is 4.83 Å². The van der Waals surface area contributed by atoms with Crippen LogP contribution in [0.5, 0.6) is 5.75 Å². The van der Waals surface area contributed by atoms with E-state index in [0.29, 0.717) is 22.8 Å². The molecule has 0 spiro atoms. The van der Waals surface area contributed by atoms with Gasteiger partial charge in [0.05, 0.1) is 11.1 Å². The number of alkyl halides is 1. The minimum absolute atomic E-state index is 0.428. The van der Waals surface area contributed by atoms with Gasteiger partial charge in [-0.05, 0) is 64.7 Å². The van der Waals surface area contributed by atoms with E-state index in [4.69, 9.17) is 4.74 Å². The smallest absolute Gasteiger partial charge is 0.133 e. The maximum atomic E-state index is 5.58. The van der Waals surface area contributed by atoms with Crippen LogP contribution in [0.2, 0.25) is 0 Å². The monoisotopic (exact) mass is 388 g/mol. The molecule has 0 aromatic heterocycles. The van der Waals surface area contributed by atoms with Crippen molar-refractivity contribution in [3.8, 4) is 5.75 Å². The Morgan fingerprint density at radius 1 is 1.42 bits per heavy atom. The van der Waals surface area contributed by atoms with Crippen LogP contribution in [-0.2, 0) is 0 Å². The van der Waals surface area contributed by atoms with E-state index < -0.39 is 0 Å². The zero-order valence-electron chi connectivity index (χ0n) is 11.9. The predicted molar refractivity (Wildman–Crippen MR) is 88.1 cm³/mol. The van der Waals surface area contributed by atoms with Crippen molar-refractivity contribution >= 4 is 31.9 Å². The molecule has 1 aromatic carbocycles. The van der Waals surface area contributed by atoms with E-state index in [2.05, 4.69) is 63.9 Å². The third-order valence-corrected chi connectivity index (χ3v) is 6.05. The Labute approximate surface area is 133 Å². The molecule has 0 amide bonds. The average molecular weight is 390 g/mol. The van der Waals surface area contributed by atoms with E-state index in [9.17, 15) is 0 Å². The van der Waals surface area contributed by atoms with E-state index in [1.807, 2.05) is 6.92 Å². The normalized spacial score (nSPS) is 23.3. The molecule has 1 fully saturated rings. The van der Waals surface area contributed by atoms with E-state index in [1.54, 1.807) is 0 Å². The van der Waals surface area contributed by atoms with Crippen LogP contribution in [-0.4, -0.2) is 6.61 Å². The van der Waals surface area contributed by atoms with Crippen LogP contribution in [0.3, 0.4) is 0 Å². The molecule has 0 bridgehead atoms. The first kappa shape index (κ1) is 15.4. The van der Waals surface area contributed by atoms with Gasteiger partial charge in [-0.2, -0.15) is 0 Å². The SMILES string of the molecule is CCOc1ccc(C(Br)C2CCCC2(C)C)cc1Br. The van der Waals surface area contributed by atoms with Crippen LogP contribution in [0.15, 0.2) is 22.7 Å². The molecule has 2 atom stereocenters. The van der Waals surface area contributed by atoms with Gasteiger partial charge in [0.15, 0.2) is 0 Å². The van der Waals surface area contributed by atoms with Crippen molar-refractivity contribution < 1.29 is 4.74 Å². The quantitative estimate of drug-likeness (QED) is 0.564. The van der Waals surface area contributed by atoms with Crippen molar-refractivity contribution in [2.45, 2.75) is 44.9 Å².